The third-order valence-electron chi connectivity index (χ3n) is 4.47. The number of nitrogens with two attached hydrogens (primary N) is 2. The number of carbonyl (C=O) groups excluding carboxylic acids is 1. The number of nitrogens with zero attached hydrogens (tertiary/aromatic N) is 4. The van der Waals surface area contributed by atoms with Crippen molar-refractivity contribution in [2.45, 2.75) is 31.7 Å². The van der Waals surface area contributed by atoms with Gasteiger partial charge in [0.05, 0.1) is 12.3 Å². The van der Waals surface area contributed by atoms with Crippen molar-refractivity contribution in [1.82, 2.24) is 14.9 Å². The lowest BCUT2D eigenvalue weighted by atomic mass is 9.78. The lowest BCUT2D eigenvalue weighted by Gasteiger charge is -2.36. The SMILES string of the molecule is CCOC(=O)N1CCN(c2cc(C3CC(N)C3)nc(N)n2)CC1. The summed E-state index contributed by atoms with van der Waals surface area (Å²) in [6, 6.07) is 2.28. The number of nitrogen functional groups attached to an aromatic ring is 1. The summed E-state index contributed by atoms with van der Waals surface area (Å²) in [7, 11) is 0. The molecule has 0 atom stereocenters. The highest BCUT2D eigenvalue weighted by Gasteiger charge is 2.30. The number of ether oxygens (including phenoxy) is 1. The Balaban J connectivity index is 1.65. The van der Waals surface area contributed by atoms with Gasteiger partial charge in [0.1, 0.15) is 5.82 Å². The van der Waals surface area contributed by atoms with E-state index in [9.17, 15) is 4.79 Å². The number of carbonyl (C=O) groups is 1. The maximum absolute atomic E-state index is 11.7. The molecule has 0 bridgehead atoms. The Hall–Kier alpha value is -2.09. The van der Waals surface area contributed by atoms with Crippen LogP contribution in [0.1, 0.15) is 31.4 Å². The predicted octanol–water partition coefficient (Wildman–Crippen LogP) is 0.542. The molecule has 2 heterocycles. The number of rotatable bonds is 3. The molecule has 2 fully saturated rings. The van der Waals surface area contributed by atoms with Gasteiger partial charge >= 0.3 is 6.09 Å². The quantitative estimate of drug-likeness (QED) is 0.836. The van der Waals surface area contributed by atoms with Crippen LogP contribution >= 0.6 is 0 Å². The zero-order chi connectivity index (χ0) is 16.4. The molecule has 1 aliphatic carbocycles. The van der Waals surface area contributed by atoms with Crippen molar-refractivity contribution in [3.05, 3.63) is 11.8 Å². The largest absolute Gasteiger partial charge is 0.450 e. The van der Waals surface area contributed by atoms with Crippen molar-refractivity contribution in [2.24, 2.45) is 5.73 Å². The highest BCUT2D eigenvalue weighted by Crippen LogP contribution is 2.35. The summed E-state index contributed by atoms with van der Waals surface area (Å²) >= 11 is 0. The zero-order valence-corrected chi connectivity index (χ0v) is 13.4. The third kappa shape index (κ3) is 3.47. The van der Waals surface area contributed by atoms with E-state index in [1.165, 1.54) is 0 Å². The maximum atomic E-state index is 11.7. The van der Waals surface area contributed by atoms with Crippen LogP contribution in [0, 0.1) is 0 Å². The van der Waals surface area contributed by atoms with Crippen molar-refractivity contribution in [1.29, 1.82) is 0 Å². The van der Waals surface area contributed by atoms with Gasteiger partial charge in [-0.1, -0.05) is 0 Å². The van der Waals surface area contributed by atoms with Crippen LogP contribution in [0.5, 0.6) is 0 Å². The van der Waals surface area contributed by atoms with Gasteiger partial charge in [-0.3, -0.25) is 0 Å². The summed E-state index contributed by atoms with van der Waals surface area (Å²) in [5.74, 6) is 1.51. The molecule has 1 aromatic rings. The molecular weight excluding hydrogens is 296 g/mol. The summed E-state index contributed by atoms with van der Waals surface area (Å²) in [4.78, 5) is 24.3. The summed E-state index contributed by atoms with van der Waals surface area (Å²) in [5.41, 5.74) is 12.7. The van der Waals surface area contributed by atoms with E-state index in [0.29, 0.717) is 44.7 Å². The third-order valence-corrected chi connectivity index (χ3v) is 4.47. The summed E-state index contributed by atoms with van der Waals surface area (Å²) in [5, 5.41) is 0. The normalized spacial score (nSPS) is 24.3. The molecule has 1 amide bonds. The van der Waals surface area contributed by atoms with Crippen LogP contribution < -0.4 is 16.4 Å². The van der Waals surface area contributed by atoms with Crippen LogP contribution in [-0.2, 0) is 4.74 Å². The summed E-state index contributed by atoms with van der Waals surface area (Å²) < 4.78 is 5.04. The minimum Gasteiger partial charge on any atom is -0.450 e. The lowest BCUT2D eigenvalue weighted by Crippen LogP contribution is -2.49. The van der Waals surface area contributed by atoms with Crippen molar-refractivity contribution in [3.63, 3.8) is 0 Å². The first kappa shape index (κ1) is 15.8. The molecule has 3 rings (SSSR count). The number of amides is 1. The van der Waals surface area contributed by atoms with E-state index >= 15 is 0 Å². The predicted molar refractivity (Wildman–Crippen MR) is 87.2 cm³/mol. The fourth-order valence-electron chi connectivity index (χ4n) is 3.08. The fourth-order valence-corrected chi connectivity index (χ4v) is 3.08. The molecule has 23 heavy (non-hydrogen) atoms. The second-order valence-corrected chi connectivity index (χ2v) is 6.11. The number of anilines is 2. The van der Waals surface area contributed by atoms with Crippen molar-refractivity contribution >= 4 is 17.9 Å². The Morgan fingerprint density at radius 1 is 1.30 bits per heavy atom. The standard InChI is InChI=1S/C15H24N6O2/c1-2-23-15(22)21-5-3-20(4-6-21)13-9-12(18-14(17)19-13)10-7-11(16)8-10/h9-11H,2-8,16H2,1H3,(H2,17,18,19). The first-order valence-electron chi connectivity index (χ1n) is 8.13. The number of hydrogen-bond acceptors (Lipinski definition) is 7. The molecule has 0 aromatic carbocycles. The zero-order valence-electron chi connectivity index (χ0n) is 13.4. The second-order valence-electron chi connectivity index (χ2n) is 6.11. The monoisotopic (exact) mass is 320 g/mol. The van der Waals surface area contributed by atoms with E-state index in [0.717, 1.165) is 24.4 Å². The van der Waals surface area contributed by atoms with E-state index < -0.39 is 0 Å². The first-order chi connectivity index (χ1) is 11.1. The summed E-state index contributed by atoms with van der Waals surface area (Å²) in [6.07, 6.45) is 1.65. The Bertz CT molecular complexity index is 567. The van der Waals surface area contributed by atoms with Crippen LogP contribution in [-0.4, -0.2) is 59.8 Å². The Morgan fingerprint density at radius 2 is 2.00 bits per heavy atom. The van der Waals surface area contributed by atoms with E-state index in [2.05, 4.69) is 14.9 Å². The van der Waals surface area contributed by atoms with Crippen LogP contribution in [0.25, 0.3) is 0 Å². The van der Waals surface area contributed by atoms with Gasteiger partial charge in [-0.15, -0.1) is 0 Å². The molecule has 0 unspecified atom stereocenters. The molecule has 1 saturated heterocycles. The number of aromatic nitrogens is 2. The van der Waals surface area contributed by atoms with Gasteiger partial charge in [-0.2, -0.15) is 4.98 Å². The average Bonchev–Trinajstić information content (AvgIpc) is 2.51. The molecule has 2 aliphatic rings. The fraction of sp³-hybridized carbons (Fsp3) is 0.667. The molecule has 126 valence electrons. The van der Waals surface area contributed by atoms with Gasteiger partial charge in [0.25, 0.3) is 0 Å². The Kier molecular flexibility index (Phi) is 4.51. The van der Waals surface area contributed by atoms with Gasteiger partial charge in [0.15, 0.2) is 0 Å². The summed E-state index contributed by atoms with van der Waals surface area (Å²) in [6.45, 7) is 4.86. The first-order valence-corrected chi connectivity index (χ1v) is 8.13. The highest BCUT2D eigenvalue weighted by atomic mass is 16.6. The highest BCUT2D eigenvalue weighted by molar-refractivity contribution is 5.68. The Labute approximate surface area is 135 Å². The van der Waals surface area contributed by atoms with E-state index in [1.54, 1.807) is 4.90 Å². The topological polar surface area (TPSA) is 111 Å². The van der Waals surface area contributed by atoms with Crippen molar-refractivity contribution in [2.75, 3.05) is 43.4 Å². The van der Waals surface area contributed by atoms with E-state index in [4.69, 9.17) is 16.2 Å². The number of piperazine rings is 1. The molecule has 1 aliphatic heterocycles. The van der Waals surface area contributed by atoms with Gasteiger partial charge in [-0.05, 0) is 19.8 Å². The minimum absolute atomic E-state index is 0.251. The second kappa shape index (κ2) is 6.57. The van der Waals surface area contributed by atoms with Crippen LogP contribution in [0.3, 0.4) is 0 Å². The van der Waals surface area contributed by atoms with Crippen molar-refractivity contribution in [3.8, 4) is 0 Å². The minimum atomic E-state index is -0.251. The molecule has 8 nitrogen and oxygen atoms in total. The van der Waals surface area contributed by atoms with Crippen LogP contribution in [0.2, 0.25) is 0 Å². The molecular formula is C15H24N6O2. The maximum Gasteiger partial charge on any atom is 0.409 e. The smallest absolute Gasteiger partial charge is 0.409 e. The average molecular weight is 320 g/mol. The van der Waals surface area contributed by atoms with Gasteiger partial charge < -0.3 is 26.0 Å². The molecule has 0 spiro atoms. The van der Waals surface area contributed by atoms with Gasteiger partial charge in [-0.25, -0.2) is 9.78 Å². The van der Waals surface area contributed by atoms with E-state index in [-0.39, 0.29) is 12.1 Å². The molecule has 0 radical (unpaired) electrons. The molecule has 8 heteroatoms. The number of hydrogen-bond donors (Lipinski definition) is 2. The van der Waals surface area contributed by atoms with Crippen LogP contribution in [0.4, 0.5) is 16.6 Å². The Morgan fingerprint density at radius 3 is 2.61 bits per heavy atom. The molecule has 1 saturated carbocycles. The van der Waals surface area contributed by atoms with Gasteiger partial charge in [0, 0.05) is 44.2 Å². The van der Waals surface area contributed by atoms with Crippen molar-refractivity contribution < 1.29 is 9.53 Å². The van der Waals surface area contributed by atoms with Crippen LogP contribution in [0.15, 0.2) is 6.07 Å². The van der Waals surface area contributed by atoms with Gasteiger partial charge in [0.2, 0.25) is 5.95 Å². The molecule has 4 N–H and O–H groups in total. The molecule has 1 aromatic heterocycles. The lowest BCUT2D eigenvalue weighted by molar-refractivity contribution is 0.105. The van der Waals surface area contributed by atoms with E-state index in [1.807, 2.05) is 13.0 Å².